The highest BCUT2D eigenvalue weighted by Crippen LogP contribution is 2.19. The SMILES string of the molecule is C[C@H](C(=O)OC(=O)NN1CCCCC1)c1ccc(O)cc1. The highest BCUT2D eigenvalue weighted by atomic mass is 16.6. The first kappa shape index (κ1) is 15.3. The maximum absolute atomic E-state index is 11.9. The molecule has 1 amide bonds. The van der Waals surface area contributed by atoms with E-state index in [-0.39, 0.29) is 5.75 Å². The van der Waals surface area contributed by atoms with Crippen molar-refractivity contribution in [2.24, 2.45) is 0 Å². The number of nitrogens with one attached hydrogen (secondary N) is 1. The highest BCUT2D eigenvalue weighted by Gasteiger charge is 2.21. The molecule has 1 aliphatic rings. The number of hydrogen-bond acceptors (Lipinski definition) is 5. The minimum Gasteiger partial charge on any atom is -0.508 e. The van der Waals surface area contributed by atoms with Crippen LogP contribution in [0.5, 0.6) is 5.75 Å². The number of carbonyl (C=O) groups is 2. The summed E-state index contributed by atoms with van der Waals surface area (Å²) in [6.45, 7) is 3.20. The molecule has 0 bridgehead atoms. The number of esters is 1. The third-order valence-corrected chi connectivity index (χ3v) is 3.55. The molecule has 0 spiro atoms. The summed E-state index contributed by atoms with van der Waals surface area (Å²) in [6.07, 6.45) is 2.47. The number of carbonyl (C=O) groups excluding carboxylic acids is 2. The lowest BCUT2D eigenvalue weighted by molar-refractivity contribution is -0.139. The van der Waals surface area contributed by atoms with Gasteiger partial charge in [-0.25, -0.2) is 9.80 Å². The van der Waals surface area contributed by atoms with Gasteiger partial charge in [0.15, 0.2) is 0 Å². The Morgan fingerprint density at radius 1 is 1.19 bits per heavy atom. The van der Waals surface area contributed by atoms with Crippen LogP contribution in [0.3, 0.4) is 0 Å². The molecule has 0 aliphatic carbocycles. The molecular formula is C15H20N2O4. The van der Waals surface area contributed by atoms with Gasteiger partial charge in [-0.05, 0) is 37.5 Å². The molecule has 21 heavy (non-hydrogen) atoms. The first-order valence-electron chi connectivity index (χ1n) is 7.12. The molecule has 2 N–H and O–H groups in total. The van der Waals surface area contributed by atoms with Crippen molar-refractivity contribution in [1.82, 2.24) is 10.4 Å². The van der Waals surface area contributed by atoms with Crippen LogP contribution in [0.15, 0.2) is 24.3 Å². The second-order valence-electron chi connectivity index (χ2n) is 5.18. The normalized spacial score (nSPS) is 17.0. The molecule has 1 heterocycles. The van der Waals surface area contributed by atoms with Gasteiger partial charge in [-0.2, -0.15) is 0 Å². The van der Waals surface area contributed by atoms with Gasteiger partial charge in [0.25, 0.3) is 0 Å². The monoisotopic (exact) mass is 292 g/mol. The Balaban J connectivity index is 1.84. The van der Waals surface area contributed by atoms with Gasteiger partial charge >= 0.3 is 12.1 Å². The van der Waals surface area contributed by atoms with E-state index in [1.54, 1.807) is 24.1 Å². The summed E-state index contributed by atoms with van der Waals surface area (Å²) in [6, 6.07) is 6.24. The van der Waals surface area contributed by atoms with Gasteiger partial charge in [0, 0.05) is 13.1 Å². The summed E-state index contributed by atoms with van der Waals surface area (Å²) < 4.78 is 4.81. The molecule has 1 aliphatic heterocycles. The first-order valence-corrected chi connectivity index (χ1v) is 7.12. The number of amides is 1. The molecule has 0 radical (unpaired) electrons. The van der Waals surface area contributed by atoms with Crippen molar-refractivity contribution in [1.29, 1.82) is 0 Å². The fourth-order valence-corrected chi connectivity index (χ4v) is 2.24. The number of hydrazine groups is 1. The smallest absolute Gasteiger partial charge is 0.429 e. The van der Waals surface area contributed by atoms with Gasteiger partial charge < -0.3 is 9.84 Å². The maximum atomic E-state index is 11.9. The van der Waals surface area contributed by atoms with Crippen molar-refractivity contribution in [3.63, 3.8) is 0 Å². The van der Waals surface area contributed by atoms with E-state index in [2.05, 4.69) is 5.43 Å². The number of aromatic hydroxyl groups is 1. The van der Waals surface area contributed by atoms with Gasteiger partial charge in [-0.15, -0.1) is 0 Å². The lowest BCUT2D eigenvalue weighted by atomic mass is 10.0. The van der Waals surface area contributed by atoms with Gasteiger partial charge in [-0.1, -0.05) is 18.6 Å². The molecule has 114 valence electrons. The van der Waals surface area contributed by atoms with Gasteiger partial charge in [0.1, 0.15) is 5.75 Å². The second-order valence-corrected chi connectivity index (χ2v) is 5.18. The molecule has 0 saturated carbocycles. The summed E-state index contributed by atoms with van der Waals surface area (Å²) in [5.41, 5.74) is 3.26. The molecule has 1 aromatic rings. The van der Waals surface area contributed by atoms with E-state index in [0.717, 1.165) is 32.4 Å². The van der Waals surface area contributed by atoms with E-state index in [0.29, 0.717) is 5.56 Å². The molecular weight excluding hydrogens is 272 g/mol. The number of phenolic OH excluding ortho intramolecular Hbond substituents is 1. The van der Waals surface area contributed by atoms with Crippen LogP contribution in [0.2, 0.25) is 0 Å². The van der Waals surface area contributed by atoms with Crippen LogP contribution in [0, 0.1) is 0 Å². The number of nitrogens with zero attached hydrogens (tertiary/aromatic N) is 1. The zero-order valence-electron chi connectivity index (χ0n) is 12.0. The van der Waals surface area contributed by atoms with Crippen LogP contribution in [0.4, 0.5) is 4.79 Å². The number of benzene rings is 1. The van der Waals surface area contributed by atoms with Crippen molar-refractivity contribution in [3.05, 3.63) is 29.8 Å². The summed E-state index contributed by atoms with van der Waals surface area (Å²) in [7, 11) is 0. The van der Waals surface area contributed by atoms with E-state index < -0.39 is 18.0 Å². The predicted octanol–water partition coefficient (Wildman–Crippen LogP) is 2.15. The van der Waals surface area contributed by atoms with E-state index in [1.807, 2.05) is 0 Å². The van der Waals surface area contributed by atoms with E-state index >= 15 is 0 Å². The first-order chi connectivity index (χ1) is 10.1. The Morgan fingerprint density at radius 2 is 1.81 bits per heavy atom. The molecule has 1 aromatic carbocycles. The number of hydrogen-bond donors (Lipinski definition) is 2. The highest BCUT2D eigenvalue weighted by molar-refractivity contribution is 5.88. The summed E-state index contributed by atoms with van der Waals surface area (Å²) in [5.74, 6) is -1.06. The van der Waals surface area contributed by atoms with E-state index in [9.17, 15) is 14.7 Å². The molecule has 0 aromatic heterocycles. The number of piperidine rings is 1. The topological polar surface area (TPSA) is 78.9 Å². The Labute approximate surface area is 123 Å². The van der Waals surface area contributed by atoms with Crippen LogP contribution >= 0.6 is 0 Å². The Morgan fingerprint density at radius 3 is 2.43 bits per heavy atom. The summed E-state index contributed by atoms with van der Waals surface area (Å²) in [5, 5.41) is 11.0. The lowest BCUT2D eigenvalue weighted by Crippen LogP contribution is -2.46. The van der Waals surface area contributed by atoms with Crippen molar-refractivity contribution < 1.29 is 19.4 Å². The molecule has 0 unspecified atom stereocenters. The zero-order chi connectivity index (χ0) is 15.2. The summed E-state index contributed by atoms with van der Waals surface area (Å²) >= 11 is 0. The van der Waals surface area contributed by atoms with Crippen LogP contribution in [-0.4, -0.2) is 35.3 Å². The van der Waals surface area contributed by atoms with Crippen LogP contribution in [0.1, 0.15) is 37.7 Å². The standard InChI is InChI=1S/C15H20N2O4/c1-11(12-5-7-13(18)8-6-12)14(19)21-15(20)16-17-9-3-2-4-10-17/h5-8,11,18H,2-4,9-10H2,1H3,(H,16,20)/t11-/m0/s1. The van der Waals surface area contributed by atoms with Crippen molar-refractivity contribution in [2.75, 3.05) is 13.1 Å². The molecule has 1 fully saturated rings. The third kappa shape index (κ3) is 4.46. The molecule has 6 nitrogen and oxygen atoms in total. The minimum atomic E-state index is -0.743. The van der Waals surface area contributed by atoms with E-state index in [4.69, 9.17) is 4.74 Å². The number of rotatable bonds is 3. The minimum absolute atomic E-state index is 0.127. The van der Waals surface area contributed by atoms with Crippen LogP contribution in [0.25, 0.3) is 0 Å². The second kappa shape index (κ2) is 7.08. The number of ether oxygens (including phenoxy) is 1. The van der Waals surface area contributed by atoms with Crippen LogP contribution in [-0.2, 0) is 9.53 Å². The van der Waals surface area contributed by atoms with Crippen molar-refractivity contribution in [2.45, 2.75) is 32.1 Å². The average Bonchev–Trinajstić information content (AvgIpc) is 2.48. The Hall–Kier alpha value is -2.08. The Kier molecular flexibility index (Phi) is 5.16. The fraction of sp³-hybridized carbons (Fsp3) is 0.467. The lowest BCUT2D eigenvalue weighted by Gasteiger charge is -2.26. The van der Waals surface area contributed by atoms with E-state index in [1.165, 1.54) is 12.1 Å². The number of phenols is 1. The Bertz CT molecular complexity index is 495. The average molecular weight is 292 g/mol. The summed E-state index contributed by atoms with van der Waals surface area (Å²) in [4.78, 5) is 23.6. The molecule has 6 heteroatoms. The maximum Gasteiger partial charge on any atom is 0.429 e. The molecule has 1 saturated heterocycles. The zero-order valence-corrected chi connectivity index (χ0v) is 12.0. The van der Waals surface area contributed by atoms with Crippen molar-refractivity contribution >= 4 is 12.1 Å². The quantitative estimate of drug-likeness (QED) is 0.659. The third-order valence-electron chi connectivity index (χ3n) is 3.55. The largest absolute Gasteiger partial charge is 0.508 e. The molecule has 2 rings (SSSR count). The molecule has 1 atom stereocenters. The van der Waals surface area contributed by atoms with Crippen molar-refractivity contribution in [3.8, 4) is 5.75 Å². The van der Waals surface area contributed by atoms with Crippen LogP contribution < -0.4 is 5.43 Å². The van der Waals surface area contributed by atoms with Gasteiger partial charge in [-0.3, -0.25) is 10.2 Å². The van der Waals surface area contributed by atoms with Gasteiger partial charge in [0.05, 0.1) is 5.92 Å². The van der Waals surface area contributed by atoms with Gasteiger partial charge in [0.2, 0.25) is 0 Å². The fourth-order valence-electron chi connectivity index (χ4n) is 2.24. The predicted molar refractivity (Wildman–Crippen MR) is 76.6 cm³/mol.